The van der Waals surface area contributed by atoms with Gasteiger partial charge in [-0.05, 0) is 95.4 Å². The van der Waals surface area contributed by atoms with Crippen molar-refractivity contribution in [2.24, 2.45) is 11.3 Å². The second-order valence-electron chi connectivity index (χ2n) is 16.2. The van der Waals surface area contributed by atoms with E-state index in [9.17, 15) is 22.8 Å². The van der Waals surface area contributed by atoms with Crippen LogP contribution in [0.3, 0.4) is 0 Å². The number of sulfonamides is 1. The summed E-state index contributed by atoms with van der Waals surface area (Å²) >= 11 is 1.59. The number of benzene rings is 1. The number of nitrogens with zero attached hydrogens (tertiary/aromatic N) is 4. The fourth-order valence-electron chi connectivity index (χ4n) is 7.38. The van der Waals surface area contributed by atoms with Gasteiger partial charge in [0.05, 0.1) is 44.3 Å². The van der Waals surface area contributed by atoms with E-state index >= 15 is 0 Å². The minimum absolute atomic E-state index is 0.0602. The number of pyridine rings is 1. The van der Waals surface area contributed by atoms with E-state index in [1.54, 1.807) is 36.3 Å². The summed E-state index contributed by atoms with van der Waals surface area (Å²) in [5.41, 5.74) is 2.09. The summed E-state index contributed by atoms with van der Waals surface area (Å²) in [7, 11) is -2.19. The van der Waals surface area contributed by atoms with E-state index in [0.717, 1.165) is 52.0 Å². The second kappa shape index (κ2) is 13.3. The number of thiazole rings is 1. The smallest absolute Gasteiger partial charge is 0.324 e. The Morgan fingerprint density at radius 1 is 1.09 bits per heavy atom. The lowest BCUT2D eigenvalue weighted by molar-refractivity contribution is -0.129. The van der Waals surface area contributed by atoms with E-state index in [2.05, 4.69) is 18.6 Å². The summed E-state index contributed by atoms with van der Waals surface area (Å²) in [6.45, 7) is 12.3. The van der Waals surface area contributed by atoms with Crippen molar-refractivity contribution in [2.45, 2.75) is 103 Å². The highest BCUT2D eigenvalue weighted by atomic mass is 32.2. The number of hydrogen-bond donors (Lipinski definition) is 1. The Labute approximate surface area is 315 Å². The SMILES string of the molecule is Cc1ccc2c(O[C@]3(C)C=C4C(=O)C[C@]5(C(=O)NS(=O)(=O)C6(C)CC6)C[C@H]5/C=C\CCCCN(C)C(=O)N4C3)cc(-c3csc(C(C)C)n3)nc2c1C. The van der Waals surface area contributed by atoms with Crippen molar-refractivity contribution in [1.82, 2.24) is 24.5 Å². The number of fused-ring (bicyclic) bond motifs is 3. The predicted octanol–water partition coefficient (Wildman–Crippen LogP) is 7.19. The van der Waals surface area contributed by atoms with Crippen molar-refractivity contribution in [3.05, 3.63) is 63.6 Å². The van der Waals surface area contributed by atoms with Crippen LogP contribution in [0.4, 0.5) is 4.79 Å². The molecule has 0 bridgehead atoms. The zero-order valence-electron chi connectivity index (χ0n) is 31.6. The van der Waals surface area contributed by atoms with Gasteiger partial charge in [0.1, 0.15) is 11.4 Å². The zero-order chi connectivity index (χ0) is 38.1. The molecule has 2 aromatic heterocycles. The number of Topliss-reactive ketones (excluding diaryl/α,β-unsaturated/α-hetero) is 1. The molecule has 1 N–H and O–H groups in total. The van der Waals surface area contributed by atoms with Gasteiger partial charge in [-0.3, -0.25) is 19.2 Å². The van der Waals surface area contributed by atoms with Gasteiger partial charge in [-0.25, -0.2) is 23.2 Å². The molecule has 7 rings (SSSR count). The summed E-state index contributed by atoms with van der Waals surface area (Å²) in [5.74, 6) is -0.535. The van der Waals surface area contributed by atoms with E-state index in [0.29, 0.717) is 37.3 Å². The molecule has 282 valence electrons. The number of carbonyl (C=O) groups excluding carboxylic acids is 3. The average molecular weight is 760 g/mol. The molecule has 53 heavy (non-hydrogen) atoms. The number of rotatable bonds is 7. The first-order valence-electron chi connectivity index (χ1n) is 18.5. The molecule has 2 aliphatic heterocycles. The van der Waals surface area contributed by atoms with Crippen LogP contribution in [0.25, 0.3) is 22.3 Å². The minimum Gasteiger partial charge on any atom is -0.481 e. The molecule has 0 unspecified atom stereocenters. The Morgan fingerprint density at radius 3 is 2.55 bits per heavy atom. The third-order valence-electron chi connectivity index (χ3n) is 11.5. The Bertz CT molecular complexity index is 2190. The lowest BCUT2D eigenvalue weighted by Gasteiger charge is -2.30. The quantitative estimate of drug-likeness (QED) is 0.250. The van der Waals surface area contributed by atoms with Gasteiger partial charge in [0, 0.05) is 42.8 Å². The van der Waals surface area contributed by atoms with Crippen LogP contribution in [0.1, 0.15) is 94.7 Å². The average Bonchev–Trinajstić information content (AvgIpc) is 3.90. The molecule has 2 fully saturated rings. The first-order chi connectivity index (χ1) is 25.0. The number of allylic oxidation sites excluding steroid dienone is 3. The van der Waals surface area contributed by atoms with Gasteiger partial charge >= 0.3 is 6.03 Å². The molecule has 4 aliphatic rings. The van der Waals surface area contributed by atoms with Crippen LogP contribution in [-0.2, 0) is 19.6 Å². The zero-order valence-corrected chi connectivity index (χ0v) is 33.2. The van der Waals surface area contributed by atoms with Crippen LogP contribution in [-0.4, -0.2) is 76.4 Å². The van der Waals surface area contributed by atoms with E-state index in [-0.39, 0.29) is 36.5 Å². The third-order valence-corrected chi connectivity index (χ3v) is 14.8. The molecular formula is C40H49N5O6S2. The number of carbonyl (C=O) groups is 3. The number of nitrogens with one attached hydrogen (secondary N) is 1. The standard InChI is InChI=1S/C40H49N5O6S2/c1-24(2)35-42-30(22-52-35)29-18-33(28-14-13-25(3)26(4)34(28)41-29)51-38(5)20-31-32(46)21-40(36(47)43-53(49,50)39(6)15-16-39)19-27(40)12-10-8-9-11-17-44(7)37(48)45(31)23-38/h10,12-14,18,20,22,24,27H,8-9,11,15-17,19,21,23H2,1-7H3,(H,43,47)/b12-10-/t27-,38-,40-/m1/s1. The molecular weight excluding hydrogens is 711 g/mol. The number of ketones is 1. The van der Waals surface area contributed by atoms with Crippen molar-refractivity contribution in [3.8, 4) is 17.1 Å². The van der Waals surface area contributed by atoms with Crippen LogP contribution in [0.2, 0.25) is 0 Å². The molecule has 0 spiro atoms. The predicted molar refractivity (Wildman–Crippen MR) is 206 cm³/mol. The minimum atomic E-state index is -3.91. The Kier molecular flexibility index (Phi) is 9.36. The molecule has 0 radical (unpaired) electrons. The summed E-state index contributed by atoms with van der Waals surface area (Å²) in [4.78, 5) is 55.4. The number of ether oxygens (including phenoxy) is 1. The van der Waals surface area contributed by atoms with Crippen molar-refractivity contribution >= 4 is 50.0 Å². The van der Waals surface area contributed by atoms with Gasteiger partial charge in [0.2, 0.25) is 15.9 Å². The lowest BCUT2D eigenvalue weighted by atomic mass is 9.93. The molecule has 3 aromatic rings. The Morgan fingerprint density at radius 2 is 1.85 bits per heavy atom. The van der Waals surface area contributed by atoms with E-state index < -0.39 is 37.5 Å². The maximum Gasteiger partial charge on any atom is 0.324 e. The fourth-order valence-corrected chi connectivity index (χ4v) is 9.55. The fraction of sp³-hybridized carbons (Fsp3) is 0.525. The molecule has 13 heteroatoms. The highest BCUT2D eigenvalue weighted by molar-refractivity contribution is 7.91. The molecule has 3 amide bonds. The Balaban J connectivity index is 1.26. The van der Waals surface area contributed by atoms with Gasteiger partial charge < -0.3 is 9.64 Å². The van der Waals surface area contributed by atoms with E-state index in [1.165, 1.54) is 4.90 Å². The first kappa shape index (κ1) is 37.2. The second-order valence-corrected chi connectivity index (χ2v) is 19.3. The van der Waals surface area contributed by atoms with Crippen molar-refractivity contribution in [3.63, 3.8) is 0 Å². The molecule has 4 heterocycles. The van der Waals surface area contributed by atoms with Crippen molar-refractivity contribution in [2.75, 3.05) is 20.1 Å². The van der Waals surface area contributed by atoms with E-state index in [4.69, 9.17) is 14.7 Å². The summed E-state index contributed by atoms with van der Waals surface area (Å²) < 4.78 is 34.5. The molecule has 3 atom stereocenters. The lowest BCUT2D eigenvalue weighted by Crippen LogP contribution is -2.46. The number of aryl methyl sites for hydroxylation is 2. The van der Waals surface area contributed by atoms with Crippen molar-refractivity contribution < 1.29 is 27.5 Å². The van der Waals surface area contributed by atoms with Crippen LogP contribution in [0.15, 0.2) is 47.5 Å². The number of urea groups is 1. The van der Waals surface area contributed by atoms with Gasteiger partial charge in [-0.15, -0.1) is 11.3 Å². The van der Waals surface area contributed by atoms with Gasteiger partial charge in [-0.1, -0.05) is 32.1 Å². The number of amides is 3. The van der Waals surface area contributed by atoms with Gasteiger partial charge in [0.15, 0.2) is 5.78 Å². The van der Waals surface area contributed by atoms with Gasteiger partial charge in [-0.2, -0.15) is 0 Å². The van der Waals surface area contributed by atoms with Crippen LogP contribution < -0.4 is 9.46 Å². The summed E-state index contributed by atoms with van der Waals surface area (Å²) in [5, 5.41) is 3.81. The highest BCUT2D eigenvalue weighted by Gasteiger charge is 2.62. The molecule has 2 saturated carbocycles. The summed E-state index contributed by atoms with van der Waals surface area (Å²) in [6, 6.07) is 5.55. The first-order valence-corrected chi connectivity index (χ1v) is 20.9. The molecule has 11 nitrogen and oxygen atoms in total. The largest absolute Gasteiger partial charge is 0.481 e. The number of aromatic nitrogens is 2. The molecule has 1 aromatic carbocycles. The third kappa shape index (κ3) is 6.90. The van der Waals surface area contributed by atoms with Crippen molar-refractivity contribution in [1.29, 1.82) is 0 Å². The molecule has 0 saturated heterocycles. The topological polar surface area (TPSA) is 139 Å². The number of hydrogen-bond acceptors (Lipinski definition) is 9. The maximum atomic E-state index is 14.5. The normalized spacial score (nSPS) is 26.5. The summed E-state index contributed by atoms with van der Waals surface area (Å²) in [6.07, 6.45) is 9.08. The van der Waals surface area contributed by atoms with E-state index in [1.807, 2.05) is 56.5 Å². The molecule has 2 aliphatic carbocycles. The van der Waals surface area contributed by atoms with Crippen LogP contribution in [0.5, 0.6) is 5.75 Å². The van der Waals surface area contributed by atoms with Gasteiger partial charge in [0.25, 0.3) is 0 Å². The Hall–Kier alpha value is -4.10. The maximum absolute atomic E-state index is 14.5. The monoisotopic (exact) mass is 759 g/mol. The van der Waals surface area contributed by atoms with Crippen LogP contribution in [0, 0.1) is 25.2 Å². The van der Waals surface area contributed by atoms with Crippen LogP contribution >= 0.6 is 11.3 Å². The highest BCUT2D eigenvalue weighted by Crippen LogP contribution is 2.58.